The van der Waals surface area contributed by atoms with Gasteiger partial charge in [-0.25, -0.2) is 4.85 Å². The van der Waals surface area contributed by atoms with Crippen LogP contribution in [0.2, 0.25) is 0 Å². The fraction of sp³-hybridized carbons (Fsp3) is 0.300. The highest BCUT2D eigenvalue weighted by Gasteiger charge is 2.20. The van der Waals surface area contributed by atoms with E-state index >= 15 is 0 Å². The Morgan fingerprint density at radius 1 is 1.50 bits per heavy atom. The number of fused-ring (bicyclic) bond motifs is 1. The molecule has 12 heavy (non-hydrogen) atoms. The fourth-order valence-corrected chi connectivity index (χ4v) is 1.77. The van der Waals surface area contributed by atoms with Gasteiger partial charge < -0.3 is 5.73 Å². The molecule has 0 spiro atoms. The molecule has 2 N–H and O–H groups in total. The molecule has 1 aliphatic carbocycles. The molecule has 0 fully saturated rings. The van der Waals surface area contributed by atoms with Crippen LogP contribution in [0.3, 0.4) is 0 Å². The maximum atomic E-state index is 6.96. The maximum Gasteiger partial charge on any atom is 0.190 e. The van der Waals surface area contributed by atoms with Crippen LogP contribution in [0, 0.1) is 6.57 Å². The highest BCUT2D eigenvalue weighted by atomic mass is 14.7. The molecule has 0 bridgehead atoms. The second kappa shape index (κ2) is 2.62. The van der Waals surface area contributed by atoms with Crippen LogP contribution >= 0.6 is 0 Å². The van der Waals surface area contributed by atoms with E-state index in [2.05, 4.69) is 4.85 Å². The van der Waals surface area contributed by atoms with Crippen LogP contribution in [-0.4, -0.2) is 0 Å². The molecule has 0 unspecified atom stereocenters. The minimum atomic E-state index is 0.154. The van der Waals surface area contributed by atoms with Gasteiger partial charge in [0.15, 0.2) is 5.69 Å². The summed E-state index contributed by atoms with van der Waals surface area (Å²) in [6.45, 7) is 6.96. The summed E-state index contributed by atoms with van der Waals surface area (Å²) in [5.74, 6) is 0. The van der Waals surface area contributed by atoms with Crippen LogP contribution in [0.25, 0.3) is 4.85 Å². The van der Waals surface area contributed by atoms with Crippen molar-refractivity contribution in [3.8, 4) is 0 Å². The van der Waals surface area contributed by atoms with Crippen molar-refractivity contribution in [1.29, 1.82) is 0 Å². The molecule has 0 saturated heterocycles. The van der Waals surface area contributed by atoms with Gasteiger partial charge in [0.1, 0.15) is 0 Å². The molecule has 0 aromatic heterocycles. The highest BCUT2D eigenvalue weighted by Crippen LogP contribution is 2.35. The van der Waals surface area contributed by atoms with Crippen molar-refractivity contribution in [2.75, 3.05) is 0 Å². The van der Waals surface area contributed by atoms with Crippen LogP contribution in [-0.2, 0) is 6.42 Å². The Bertz CT molecular complexity index is 349. The van der Waals surface area contributed by atoms with Crippen molar-refractivity contribution >= 4 is 5.69 Å². The first-order valence-corrected chi connectivity index (χ1v) is 4.08. The van der Waals surface area contributed by atoms with E-state index in [1.165, 1.54) is 11.1 Å². The first-order chi connectivity index (χ1) is 5.83. The quantitative estimate of drug-likeness (QED) is 0.576. The molecule has 0 heterocycles. The largest absolute Gasteiger partial charge is 0.324 e. The molecule has 1 aromatic rings. The normalized spacial score (nSPS) is 20.2. The molecule has 0 amide bonds. The van der Waals surface area contributed by atoms with Crippen molar-refractivity contribution in [1.82, 2.24) is 0 Å². The topological polar surface area (TPSA) is 30.4 Å². The van der Waals surface area contributed by atoms with Gasteiger partial charge in [-0.05, 0) is 24.0 Å². The van der Waals surface area contributed by atoms with Gasteiger partial charge in [-0.1, -0.05) is 18.2 Å². The number of hydrogen-bond donors (Lipinski definition) is 1. The summed E-state index contributed by atoms with van der Waals surface area (Å²) in [5.41, 5.74) is 8.98. The van der Waals surface area contributed by atoms with Crippen molar-refractivity contribution < 1.29 is 0 Å². The third-order valence-corrected chi connectivity index (χ3v) is 2.41. The van der Waals surface area contributed by atoms with Crippen molar-refractivity contribution in [3.05, 3.63) is 40.7 Å². The second-order valence-corrected chi connectivity index (χ2v) is 3.10. The van der Waals surface area contributed by atoms with Gasteiger partial charge in [0.05, 0.1) is 6.57 Å². The Balaban J connectivity index is 2.60. The average Bonchev–Trinajstić information content (AvgIpc) is 2.48. The average molecular weight is 158 g/mol. The highest BCUT2D eigenvalue weighted by molar-refractivity contribution is 5.58. The number of nitrogens with zero attached hydrogens (tertiary/aromatic N) is 1. The zero-order valence-electron chi connectivity index (χ0n) is 6.75. The monoisotopic (exact) mass is 158 g/mol. The van der Waals surface area contributed by atoms with Crippen LogP contribution in [0.4, 0.5) is 5.69 Å². The number of benzene rings is 1. The van der Waals surface area contributed by atoms with Gasteiger partial charge >= 0.3 is 0 Å². The van der Waals surface area contributed by atoms with Gasteiger partial charge in [0, 0.05) is 6.04 Å². The van der Waals surface area contributed by atoms with E-state index in [1.807, 2.05) is 18.2 Å². The summed E-state index contributed by atoms with van der Waals surface area (Å²) in [4.78, 5) is 3.47. The molecule has 2 heteroatoms. The Kier molecular flexibility index (Phi) is 1.60. The molecule has 2 nitrogen and oxygen atoms in total. The van der Waals surface area contributed by atoms with E-state index in [-0.39, 0.29) is 6.04 Å². The lowest BCUT2D eigenvalue weighted by atomic mass is 10.1. The van der Waals surface area contributed by atoms with Crippen molar-refractivity contribution in [2.24, 2.45) is 5.73 Å². The molecule has 0 radical (unpaired) electrons. The lowest BCUT2D eigenvalue weighted by Crippen LogP contribution is -2.04. The van der Waals surface area contributed by atoms with Gasteiger partial charge in [0.2, 0.25) is 0 Å². The van der Waals surface area contributed by atoms with E-state index in [1.54, 1.807) is 0 Å². The van der Waals surface area contributed by atoms with Crippen molar-refractivity contribution in [3.63, 3.8) is 0 Å². The van der Waals surface area contributed by atoms with Crippen LogP contribution < -0.4 is 5.73 Å². The minimum Gasteiger partial charge on any atom is -0.324 e. The van der Waals surface area contributed by atoms with Crippen LogP contribution in [0.5, 0.6) is 0 Å². The fourth-order valence-electron chi connectivity index (χ4n) is 1.77. The number of rotatable bonds is 0. The lowest BCUT2D eigenvalue weighted by molar-refractivity contribution is 0.713. The van der Waals surface area contributed by atoms with Gasteiger partial charge in [0.25, 0.3) is 0 Å². The third-order valence-electron chi connectivity index (χ3n) is 2.41. The zero-order valence-corrected chi connectivity index (χ0v) is 6.75. The van der Waals surface area contributed by atoms with E-state index < -0.39 is 0 Å². The molecule has 1 atom stereocenters. The Hall–Kier alpha value is -1.33. The number of hydrogen-bond acceptors (Lipinski definition) is 1. The Morgan fingerprint density at radius 2 is 2.33 bits per heavy atom. The standard InChI is InChI=1S/C10H10N2/c1-12-10-4-2-3-7-8(10)5-6-9(7)11/h2-4,9H,5-6,11H2/t9-/m1/s1. The van der Waals surface area contributed by atoms with Gasteiger partial charge in [-0.3, -0.25) is 0 Å². The smallest absolute Gasteiger partial charge is 0.190 e. The first kappa shape index (κ1) is 7.33. The molecule has 0 aliphatic heterocycles. The van der Waals surface area contributed by atoms with Crippen LogP contribution in [0.15, 0.2) is 18.2 Å². The molecular formula is C10H10N2. The maximum absolute atomic E-state index is 6.96. The molecule has 2 rings (SSSR count). The number of nitrogens with two attached hydrogens (primary N) is 1. The zero-order chi connectivity index (χ0) is 8.55. The van der Waals surface area contributed by atoms with Crippen molar-refractivity contribution in [2.45, 2.75) is 18.9 Å². The van der Waals surface area contributed by atoms with E-state index in [4.69, 9.17) is 12.3 Å². The summed E-state index contributed by atoms with van der Waals surface area (Å²) < 4.78 is 0. The predicted molar refractivity (Wildman–Crippen MR) is 48.0 cm³/mol. The van der Waals surface area contributed by atoms with E-state index in [9.17, 15) is 0 Å². The Labute approximate surface area is 71.8 Å². The predicted octanol–water partition coefficient (Wildman–Crippen LogP) is 2.18. The van der Waals surface area contributed by atoms with E-state index in [0.717, 1.165) is 18.5 Å². The Morgan fingerprint density at radius 3 is 3.08 bits per heavy atom. The molecule has 1 aromatic carbocycles. The summed E-state index contributed by atoms with van der Waals surface area (Å²) in [6.07, 6.45) is 1.96. The lowest BCUT2D eigenvalue weighted by Gasteiger charge is -2.04. The third kappa shape index (κ3) is 0.910. The summed E-state index contributed by atoms with van der Waals surface area (Å²) >= 11 is 0. The van der Waals surface area contributed by atoms with Crippen LogP contribution in [0.1, 0.15) is 23.6 Å². The molecule has 0 saturated carbocycles. The summed E-state index contributed by atoms with van der Waals surface area (Å²) in [5, 5.41) is 0. The van der Waals surface area contributed by atoms with E-state index in [0.29, 0.717) is 0 Å². The van der Waals surface area contributed by atoms with Gasteiger partial charge in [-0.2, -0.15) is 0 Å². The van der Waals surface area contributed by atoms with Gasteiger partial charge in [-0.15, -0.1) is 0 Å². The molecule has 1 aliphatic rings. The summed E-state index contributed by atoms with van der Waals surface area (Å²) in [7, 11) is 0. The summed E-state index contributed by atoms with van der Waals surface area (Å²) in [6, 6.07) is 5.96. The molecule has 60 valence electrons. The molecular weight excluding hydrogens is 148 g/mol. The first-order valence-electron chi connectivity index (χ1n) is 4.08. The second-order valence-electron chi connectivity index (χ2n) is 3.10. The minimum absolute atomic E-state index is 0.154. The SMILES string of the molecule is [C-]#[N+]c1cccc2c1CC[C@H]2N.